The van der Waals surface area contributed by atoms with E-state index in [2.05, 4.69) is 20.6 Å². The molecular weight excluding hydrogens is 328 g/mol. The summed E-state index contributed by atoms with van der Waals surface area (Å²) in [6.45, 7) is 1.57. The standard InChI is InChI=1S/C20H20N4O2/c1-20(13-25,15-7-3-2-4-8-15)24-19(26)16-9-5-6-10-17(16)23-18-11-12-21-14-22-18/h2-12,14,25H,13H2,1H3,(H,24,26)(H,21,22,23). The van der Waals surface area contributed by atoms with Crippen LogP contribution in [0.15, 0.2) is 73.2 Å². The summed E-state index contributed by atoms with van der Waals surface area (Å²) in [5.74, 6) is 0.302. The van der Waals surface area contributed by atoms with Crippen LogP contribution in [0.4, 0.5) is 11.5 Å². The first-order valence-corrected chi connectivity index (χ1v) is 8.23. The van der Waals surface area contributed by atoms with Gasteiger partial charge in [-0.05, 0) is 30.7 Å². The van der Waals surface area contributed by atoms with E-state index in [0.717, 1.165) is 5.56 Å². The summed E-state index contributed by atoms with van der Waals surface area (Å²) < 4.78 is 0. The summed E-state index contributed by atoms with van der Waals surface area (Å²) in [6, 6.07) is 18.3. The van der Waals surface area contributed by atoms with Crippen molar-refractivity contribution in [1.29, 1.82) is 0 Å². The van der Waals surface area contributed by atoms with Crippen LogP contribution in [0.5, 0.6) is 0 Å². The Morgan fingerprint density at radius 1 is 1.08 bits per heavy atom. The van der Waals surface area contributed by atoms with Crippen LogP contribution in [-0.2, 0) is 5.54 Å². The van der Waals surface area contributed by atoms with Gasteiger partial charge in [0.15, 0.2) is 0 Å². The molecule has 6 heteroatoms. The molecule has 1 heterocycles. The van der Waals surface area contributed by atoms with E-state index in [1.54, 1.807) is 37.4 Å². The van der Waals surface area contributed by atoms with Crippen LogP contribution in [0.3, 0.4) is 0 Å². The molecule has 0 aliphatic heterocycles. The fourth-order valence-electron chi connectivity index (χ4n) is 2.62. The third-order valence-corrected chi connectivity index (χ3v) is 4.13. The highest BCUT2D eigenvalue weighted by Crippen LogP contribution is 2.23. The molecule has 3 rings (SSSR count). The molecule has 0 spiro atoms. The molecule has 0 bridgehead atoms. The fraction of sp³-hybridized carbons (Fsp3) is 0.150. The molecule has 1 unspecified atom stereocenters. The number of aliphatic hydroxyl groups excluding tert-OH is 1. The number of aliphatic hydroxyl groups is 1. The maximum Gasteiger partial charge on any atom is 0.254 e. The smallest absolute Gasteiger partial charge is 0.254 e. The molecule has 0 radical (unpaired) electrons. The third kappa shape index (κ3) is 3.87. The van der Waals surface area contributed by atoms with Crippen LogP contribution in [0.2, 0.25) is 0 Å². The van der Waals surface area contributed by atoms with Gasteiger partial charge in [-0.2, -0.15) is 0 Å². The van der Waals surface area contributed by atoms with Crippen LogP contribution in [-0.4, -0.2) is 27.6 Å². The van der Waals surface area contributed by atoms with Gasteiger partial charge in [0.1, 0.15) is 12.1 Å². The number of aromatic nitrogens is 2. The number of carbonyl (C=O) groups is 1. The minimum atomic E-state index is -0.889. The Balaban J connectivity index is 1.86. The number of hydrogen-bond donors (Lipinski definition) is 3. The number of hydrogen-bond acceptors (Lipinski definition) is 5. The molecule has 0 aliphatic carbocycles. The molecule has 1 atom stereocenters. The van der Waals surface area contributed by atoms with Gasteiger partial charge in [-0.3, -0.25) is 4.79 Å². The number of nitrogens with one attached hydrogen (secondary N) is 2. The maximum atomic E-state index is 12.9. The van der Waals surface area contributed by atoms with Crippen LogP contribution < -0.4 is 10.6 Å². The fourth-order valence-corrected chi connectivity index (χ4v) is 2.62. The molecule has 3 N–H and O–H groups in total. The number of nitrogens with zero attached hydrogens (tertiary/aromatic N) is 2. The Bertz CT molecular complexity index is 871. The van der Waals surface area contributed by atoms with Crippen molar-refractivity contribution in [2.75, 3.05) is 11.9 Å². The van der Waals surface area contributed by atoms with Gasteiger partial charge in [0.2, 0.25) is 0 Å². The van der Waals surface area contributed by atoms with E-state index in [1.807, 2.05) is 36.4 Å². The Morgan fingerprint density at radius 2 is 1.81 bits per heavy atom. The largest absolute Gasteiger partial charge is 0.394 e. The van der Waals surface area contributed by atoms with Crippen LogP contribution in [0.1, 0.15) is 22.8 Å². The van der Waals surface area contributed by atoms with Gasteiger partial charge in [-0.25, -0.2) is 9.97 Å². The lowest BCUT2D eigenvalue weighted by atomic mass is 9.92. The van der Waals surface area contributed by atoms with Crippen molar-refractivity contribution in [2.45, 2.75) is 12.5 Å². The summed E-state index contributed by atoms with van der Waals surface area (Å²) in [5.41, 5.74) is 1.02. The molecule has 2 aromatic carbocycles. The SMILES string of the molecule is CC(CO)(NC(=O)c1ccccc1Nc1ccncn1)c1ccccc1. The molecule has 3 aromatic rings. The van der Waals surface area contributed by atoms with Crippen molar-refractivity contribution in [2.24, 2.45) is 0 Å². The number of rotatable bonds is 6. The zero-order valence-electron chi connectivity index (χ0n) is 14.4. The Labute approximate surface area is 152 Å². The molecule has 0 saturated carbocycles. The molecular formula is C20H20N4O2. The van der Waals surface area contributed by atoms with E-state index in [9.17, 15) is 9.90 Å². The zero-order chi connectivity index (χ0) is 18.4. The second-order valence-electron chi connectivity index (χ2n) is 6.08. The summed E-state index contributed by atoms with van der Waals surface area (Å²) in [7, 11) is 0. The van der Waals surface area contributed by atoms with Gasteiger partial charge in [0.05, 0.1) is 23.4 Å². The maximum absolute atomic E-state index is 12.9. The highest BCUT2D eigenvalue weighted by Gasteiger charge is 2.28. The highest BCUT2D eigenvalue weighted by atomic mass is 16.3. The Morgan fingerprint density at radius 3 is 2.50 bits per heavy atom. The molecule has 1 amide bonds. The van der Waals surface area contributed by atoms with Gasteiger partial charge < -0.3 is 15.7 Å². The van der Waals surface area contributed by atoms with E-state index in [4.69, 9.17) is 0 Å². The molecule has 26 heavy (non-hydrogen) atoms. The van der Waals surface area contributed by atoms with Crippen LogP contribution in [0, 0.1) is 0 Å². The molecule has 132 valence electrons. The van der Waals surface area contributed by atoms with Gasteiger partial charge in [-0.1, -0.05) is 42.5 Å². The van der Waals surface area contributed by atoms with Crippen molar-refractivity contribution in [3.05, 3.63) is 84.3 Å². The van der Waals surface area contributed by atoms with Gasteiger partial charge in [0, 0.05) is 6.20 Å². The number of carbonyl (C=O) groups excluding carboxylic acids is 1. The second kappa shape index (κ2) is 7.76. The van der Waals surface area contributed by atoms with Crippen LogP contribution in [0.25, 0.3) is 0 Å². The summed E-state index contributed by atoms with van der Waals surface area (Å²) in [4.78, 5) is 20.9. The minimum Gasteiger partial charge on any atom is -0.394 e. The van der Waals surface area contributed by atoms with Gasteiger partial charge in [-0.15, -0.1) is 0 Å². The third-order valence-electron chi connectivity index (χ3n) is 4.13. The van der Waals surface area contributed by atoms with Crippen molar-refractivity contribution < 1.29 is 9.90 Å². The normalized spacial score (nSPS) is 12.8. The predicted octanol–water partition coefficient (Wildman–Crippen LogP) is 2.86. The first-order chi connectivity index (χ1) is 12.6. The second-order valence-corrected chi connectivity index (χ2v) is 6.08. The predicted molar refractivity (Wildman–Crippen MR) is 100 cm³/mol. The number of para-hydroxylation sites is 1. The number of benzene rings is 2. The average molecular weight is 348 g/mol. The van der Waals surface area contributed by atoms with Crippen molar-refractivity contribution in [3.8, 4) is 0 Å². The minimum absolute atomic E-state index is 0.218. The monoisotopic (exact) mass is 348 g/mol. The Kier molecular flexibility index (Phi) is 5.24. The lowest BCUT2D eigenvalue weighted by molar-refractivity contribution is 0.0850. The topological polar surface area (TPSA) is 87.1 Å². The lowest BCUT2D eigenvalue weighted by Gasteiger charge is -2.29. The summed E-state index contributed by atoms with van der Waals surface area (Å²) in [5, 5.41) is 16.0. The first-order valence-electron chi connectivity index (χ1n) is 8.23. The van der Waals surface area contributed by atoms with E-state index < -0.39 is 5.54 Å². The van der Waals surface area contributed by atoms with E-state index >= 15 is 0 Å². The molecule has 0 fully saturated rings. The molecule has 0 aliphatic rings. The van der Waals surface area contributed by atoms with Gasteiger partial charge >= 0.3 is 0 Å². The summed E-state index contributed by atoms with van der Waals surface area (Å²) >= 11 is 0. The lowest BCUT2D eigenvalue weighted by Crippen LogP contribution is -2.46. The molecule has 0 saturated heterocycles. The Hall–Kier alpha value is -3.25. The number of amides is 1. The van der Waals surface area contributed by atoms with E-state index in [0.29, 0.717) is 17.1 Å². The zero-order valence-corrected chi connectivity index (χ0v) is 14.4. The van der Waals surface area contributed by atoms with Gasteiger partial charge in [0.25, 0.3) is 5.91 Å². The highest BCUT2D eigenvalue weighted by molar-refractivity contribution is 6.00. The quantitative estimate of drug-likeness (QED) is 0.638. The van der Waals surface area contributed by atoms with E-state index in [-0.39, 0.29) is 12.5 Å². The molecule has 1 aromatic heterocycles. The molecule has 6 nitrogen and oxygen atoms in total. The first kappa shape index (κ1) is 17.6. The number of anilines is 2. The summed E-state index contributed by atoms with van der Waals surface area (Å²) in [6.07, 6.45) is 3.06. The average Bonchev–Trinajstić information content (AvgIpc) is 2.69. The van der Waals surface area contributed by atoms with Crippen molar-refractivity contribution >= 4 is 17.4 Å². The van der Waals surface area contributed by atoms with Crippen molar-refractivity contribution in [1.82, 2.24) is 15.3 Å². The van der Waals surface area contributed by atoms with E-state index in [1.165, 1.54) is 6.33 Å². The van der Waals surface area contributed by atoms with Crippen molar-refractivity contribution in [3.63, 3.8) is 0 Å². The van der Waals surface area contributed by atoms with Crippen LogP contribution >= 0.6 is 0 Å².